The Morgan fingerprint density at radius 2 is 1.81 bits per heavy atom. The number of tetrazole rings is 1. The van der Waals surface area contributed by atoms with Crippen LogP contribution in [0.1, 0.15) is 38.2 Å². The molecule has 1 N–H and O–H groups in total. The average molecular weight is 492 g/mol. The first-order chi connectivity index (χ1) is 17.3. The Hall–Kier alpha value is -3.79. The molecule has 1 saturated heterocycles. The largest absolute Gasteiger partial charge is 0.497 e. The van der Waals surface area contributed by atoms with Gasteiger partial charge in [0.15, 0.2) is 5.82 Å². The molecule has 0 saturated carbocycles. The van der Waals surface area contributed by atoms with Crippen molar-refractivity contribution in [1.82, 2.24) is 30.1 Å². The SMILES string of the molecule is COc1ccc2[nH]c(=O)c(C(c3nnnn3C(C)(C)C)N3CCN(c4ccccc4F)CC3)cc2c1. The Kier molecular flexibility index (Phi) is 6.21. The van der Waals surface area contributed by atoms with Crippen molar-refractivity contribution in [3.8, 4) is 5.75 Å². The van der Waals surface area contributed by atoms with Gasteiger partial charge in [-0.3, -0.25) is 9.69 Å². The molecule has 0 aliphatic carbocycles. The normalized spacial score (nSPS) is 15.9. The standard InChI is InChI=1S/C26H30FN7O2/c1-26(2,3)34-24(29-30-31-34)23(19-16-17-15-18(36-4)9-10-21(17)28-25(19)35)33-13-11-32(12-14-33)22-8-6-5-7-20(22)27/h5-10,15-16,23H,11-14H2,1-4H3,(H,28,35). The van der Waals surface area contributed by atoms with Gasteiger partial charge in [0.1, 0.15) is 17.6 Å². The van der Waals surface area contributed by atoms with E-state index in [1.807, 2.05) is 56.0 Å². The minimum absolute atomic E-state index is 0.197. The number of anilines is 1. The van der Waals surface area contributed by atoms with Crippen LogP contribution in [0.15, 0.2) is 53.3 Å². The number of nitrogens with zero attached hydrogens (tertiary/aromatic N) is 6. The number of ether oxygens (including phenoxy) is 1. The first-order valence-electron chi connectivity index (χ1n) is 12.0. The van der Waals surface area contributed by atoms with E-state index >= 15 is 0 Å². The summed E-state index contributed by atoms with van der Waals surface area (Å²) in [5, 5.41) is 13.5. The second-order valence-corrected chi connectivity index (χ2v) is 10.0. The Morgan fingerprint density at radius 1 is 1.06 bits per heavy atom. The smallest absolute Gasteiger partial charge is 0.253 e. The zero-order valence-electron chi connectivity index (χ0n) is 20.9. The second-order valence-electron chi connectivity index (χ2n) is 10.0. The number of aromatic amines is 1. The molecule has 2 aromatic carbocycles. The van der Waals surface area contributed by atoms with Crippen LogP contribution < -0.4 is 15.2 Å². The van der Waals surface area contributed by atoms with Crippen LogP contribution in [0.2, 0.25) is 0 Å². The highest BCUT2D eigenvalue weighted by atomic mass is 19.1. The first kappa shape index (κ1) is 23.9. The lowest BCUT2D eigenvalue weighted by Gasteiger charge is -2.40. The summed E-state index contributed by atoms with van der Waals surface area (Å²) in [6.07, 6.45) is 0. The highest BCUT2D eigenvalue weighted by Crippen LogP contribution is 2.31. The summed E-state index contributed by atoms with van der Waals surface area (Å²) in [4.78, 5) is 20.7. The van der Waals surface area contributed by atoms with Crippen molar-refractivity contribution in [1.29, 1.82) is 0 Å². The van der Waals surface area contributed by atoms with Gasteiger partial charge in [0.05, 0.1) is 18.3 Å². The van der Waals surface area contributed by atoms with Gasteiger partial charge in [-0.15, -0.1) is 5.10 Å². The summed E-state index contributed by atoms with van der Waals surface area (Å²) in [5.74, 6) is 1.06. The molecule has 0 spiro atoms. The number of rotatable bonds is 5. The van der Waals surface area contributed by atoms with Crippen LogP contribution in [0, 0.1) is 5.82 Å². The quantitative estimate of drug-likeness (QED) is 0.458. The summed E-state index contributed by atoms with van der Waals surface area (Å²) in [7, 11) is 1.61. The maximum atomic E-state index is 14.4. The summed E-state index contributed by atoms with van der Waals surface area (Å²) in [6, 6.07) is 13.8. The number of methoxy groups -OCH3 is 1. The van der Waals surface area contributed by atoms with E-state index in [1.54, 1.807) is 23.9 Å². The molecule has 2 aromatic heterocycles. The van der Waals surface area contributed by atoms with Crippen LogP contribution in [0.5, 0.6) is 5.75 Å². The molecule has 5 rings (SSSR count). The van der Waals surface area contributed by atoms with E-state index in [4.69, 9.17) is 4.74 Å². The third-order valence-electron chi connectivity index (χ3n) is 6.62. The van der Waals surface area contributed by atoms with Crippen LogP contribution in [0.4, 0.5) is 10.1 Å². The molecule has 188 valence electrons. The van der Waals surface area contributed by atoms with E-state index in [9.17, 15) is 9.18 Å². The Labute approximate surface area is 208 Å². The van der Waals surface area contributed by atoms with E-state index in [2.05, 4.69) is 25.4 Å². The molecule has 1 atom stereocenters. The van der Waals surface area contributed by atoms with Gasteiger partial charge in [-0.2, -0.15) is 0 Å². The van der Waals surface area contributed by atoms with Crippen LogP contribution in [0.3, 0.4) is 0 Å². The molecule has 0 amide bonds. The van der Waals surface area contributed by atoms with Crippen LogP contribution in [-0.4, -0.2) is 63.4 Å². The molecule has 0 bridgehead atoms. The van der Waals surface area contributed by atoms with Crippen molar-refractivity contribution in [3.05, 3.63) is 76.1 Å². The van der Waals surface area contributed by atoms with Crippen molar-refractivity contribution in [2.75, 3.05) is 38.2 Å². The van der Waals surface area contributed by atoms with E-state index in [1.165, 1.54) is 6.07 Å². The number of para-hydroxylation sites is 1. The van der Waals surface area contributed by atoms with Gasteiger partial charge in [-0.25, -0.2) is 9.07 Å². The monoisotopic (exact) mass is 491 g/mol. The average Bonchev–Trinajstić information content (AvgIpc) is 3.35. The van der Waals surface area contributed by atoms with Gasteiger partial charge in [0.25, 0.3) is 5.56 Å². The van der Waals surface area contributed by atoms with Gasteiger partial charge in [0, 0.05) is 42.6 Å². The number of benzene rings is 2. The minimum Gasteiger partial charge on any atom is -0.497 e. The second kappa shape index (κ2) is 9.34. The summed E-state index contributed by atoms with van der Waals surface area (Å²) in [6.45, 7) is 8.49. The number of H-pyrrole nitrogens is 1. The molecule has 1 aliphatic rings. The van der Waals surface area contributed by atoms with Crippen LogP contribution in [0.25, 0.3) is 10.9 Å². The molecular weight excluding hydrogens is 461 g/mol. The number of aromatic nitrogens is 5. The fourth-order valence-electron chi connectivity index (χ4n) is 4.80. The lowest BCUT2D eigenvalue weighted by atomic mass is 10.0. The topological polar surface area (TPSA) is 92.2 Å². The van der Waals surface area contributed by atoms with Gasteiger partial charge < -0.3 is 14.6 Å². The van der Waals surface area contributed by atoms with E-state index in [-0.39, 0.29) is 16.9 Å². The summed E-state index contributed by atoms with van der Waals surface area (Å²) in [5.41, 5.74) is 1.28. The maximum Gasteiger partial charge on any atom is 0.253 e. The van der Waals surface area contributed by atoms with Gasteiger partial charge in [0.2, 0.25) is 0 Å². The van der Waals surface area contributed by atoms with Gasteiger partial charge in [-0.1, -0.05) is 12.1 Å². The van der Waals surface area contributed by atoms with Crippen molar-refractivity contribution in [3.63, 3.8) is 0 Å². The molecule has 4 aromatic rings. The first-order valence-corrected chi connectivity index (χ1v) is 12.0. The third kappa shape index (κ3) is 4.44. The number of nitrogens with one attached hydrogen (secondary N) is 1. The van der Waals surface area contributed by atoms with Crippen molar-refractivity contribution >= 4 is 16.6 Å². The number of halogens is 1. The predicted octanol–water partition coefficient (Wildman–Crippen LogP) is 3.33. The molecule has 10 heteroatoms. The van der Waals surface area contributed by atoms with E-state index in [0.29, 0.717) is 49.0 Å². The Balaban J connectivity index is 1.57. The van der Waals surface area contributed by atoms with Gasteiger partial charge in [-0.05, 0) is 67.6 Å². The highest BCUT2D eigenvalue weighted by Gasteiger charge is 2.35. The molecule has 9 nitrogen and oxygen atoms in total. The lowest BCUT2D eigenvalue weighted by Crippen LogP contribution is -2.49. The minimum atomic E-state index is -0.485. The Bertz CT molecular complexity index is 1430. The molecular formula is C26H30FN7O2. The highest BCUT2D eigenvalue weighted by molar-refractivity contribution is 5.80. The predicted molar refractivity (Wildman–Crippen MR) is 136 cm³/mol. The molecule has 36 heavy (non-hydrogen) atoms. The number of hydrogen-bond donors (Lipinski definition) is 1. The van der Waals surface area contributed by atoms with Crippen LogP contribution >= 0.6 is 0 Å². The lowest BCUT2D eigenvalue weighted by molar-refractivity contribution is 0.190. The number of fused-ring (bicyclic) bond motifs is 1. The zero-order valence-corrected chi connectivity index (χ0v) is 20.9. The number of hydrogen-bond acceptors (Lipinski definition) is 7. The number of piperazine rings is 1. The summed E-state index contributed by atoms with van der Waals surface area (Å²) >= 11 is 0. The number of pyridine rings is 1. The zero-order chi connectivity index (χ0) is 25.4. The summed E-state index contributed by atoms with van der Waals surface area (Å²) < 4.78 is 21.6. The van der Waals surface area contributed by atoms with Crippen molar-refractivity contribution in [2.45, 2.75) is 32.4 Å². The van der Waals surface area contributed by atoms with Crippen LogP contribution in [-0.2, 0) is 5.54 Å². The van der Waals surface area contributed by atoms with E-state index in [0.717, 1.165) is 10.9 Å². The van der Waals surface area contributed by atoms with E-state index < -0.39 is 6.04 Å². The van der Waals surface area contributed by atoms with Crippen molar-refractivity contribution in [2.24, 2.45) is 0 Å². The molecule has 1 unspecified atom stereocenters. The maximum absolute atomic E-state index is 14.4. The van der Waals surface area contributed by atoms with Gasteiger partial charge >= 0.3 is 0 Å². The molecule has 0 radical (unpaired) electrons. The molecule has 3 heterocycles. The fraction of sp³-hybridized carbons (Fsp3) is 0.385. The molecule has 1 fully saturated rings. The molecule has 1 aliphatic heterocycles. The fourth-order valence-corrected chi connectivity index (χ4v) is 4.80. The Morgan fingerprint density at radius 3 is 2.50 bits per heavy atom. The third-order valence-corrected chi connectivity index (χ3v) is 6.62. The van der Waals surface area contributed by atoms with Crippen molar-refractivity contribution < 1.29 is 9.13 Å².